The largest absolute Gasteiger partial charge is 0.337 e. The fourth-order valence-corrected chi connectivity index (χ4v) is 2.10. The van der Waals surface area contributed by atoms with Crippen molar-refractivity contribution in [1.82, 2.24) is 4.90 Å². The average molecular weight is 290 g/mol. The Bertz CT molecular complexity index is 638. The fraction of sp³-hybridized carbons (Fsp3) is 0.188. The van der Waals surface area contributed by atoms with Gasteiger partial charge in [0.1, 0.15) is 11.6 Å². The Hall–Kier alpha value is -2.27. The van der Waals surface area contributed by atoms with Crippen LogP contribution in [0.4, 0.5) is 8.78 Å². The summed E-state index contributed by atoms with van der Waals surface area (Å²) < 4.78 is 26.3. The van der Waals surface area contributed by atoms with E-state index < -0.39 is 17.5 Å². The van der Waals surface area contributed by atoms with Crippen LogP contribution in [0.1, 0.15) is 21.5 Å². The number of hydrogen-bond acceptors (Lipinski definition) is 2. The summed E-state index contributed by atoms with van der Waals surface area (Å²) in [6.45, 7) is 0.755. The van der Waals surface area contributed by atoms with Gasteiger partial charge in [0.15, 0.2) is 0 Å². The minimum atomic E-state index is -0.767. The zero-order valence-electron chi connectivity index (χ0n) is 11.6. The van der Waals surface area contributed by atoms with Crippen LogP contribution in [0.5, 0.6) is 0 Å². The van der Waals surface area contributed by atoms with Crippen molar-refractivity contribution in [2.24, 2.45) is 5.73 Å². The van der Waals surface area contributed by atoms with Gasteiger partial charge < -0.3 is 10.6 Å². The van der Waals surface area contributed by atoms with Crippen LogP contribution < -0.4 is 5.73 Å². The average Bonchev–Trinajstić information content (AvgIpc) is 2.45. The number of rotatable bonds is 4. The third-order valence-electron chi connectivity index (χ3n) is 3.10. The van der Waals surface area contributed by atoms with E-state index in [0.29, 0.717) is 13.1 Å². The van der Waals surface area contributed by atoms with Crippen LogP contribution in [0.25, 0.3) is 0 Å². The third-order valence-corrected chi connectivity index (χ3v) is 3.10. The van der Waals surface area contributed by atoms with Gasteiger partial charge in [-0.05, 0) is 23.3 Å². The molecule has 1 amide bonds. The highest BCUT2D eigenvalue weighted by molar-refractivity contribution is 5.94. The number of benzene rings is 2. The second-order valence-corrected chi connectivity index (χ2v) is 4.84. The van der Waals surface area contributed by atoms with Crippen LogP contribution in [-0.4, -0.2) is 17.9 Å². The predicted molar refractivity (Wildman–Crippen MR) is 76.5 cm³/mol. The van der Waals surface area contributed by atoms with E-state index in [2.05, 4.69) is 0 Å². The first-order valence-corrected chi connectivity index (χ1v) is 6.49. The van der Waals surface area contributed by atoms with Gasteiger partial charge in [-0.1, -0.05) is 24.3 Å². The molecular formula is C16H16F2N2O. The number of nitrogens with two attached hydrogens (primary N) is 1. The Morgan fingerprint density at radius 2 is 1.71 bits per heavy atom. The summed E-state index contributed by atoms with van der Waals surface area (Å²) in [7, 11) is 1.58. The van der Waals surface area contributed by atoms with Gasteiger partial charge in [0.05, 0.1) is 0 Å². The van der Waals surface area contributed by atoms with E-state index in [4.69, 9.17) is 5.73 Å². The van der Waals surface area contributed by atoms with Crippen LogP contribution in [0.15, 0.2) is 42.5 Å². The van der Waals surface area contributed by atoms with Crippen molar-refractivity contribution in [3.05, 3.63) is 70.8 Å². The number of nitrogens with zero attached hydrogens (tertiary/aromatic N) is 1. The summed E-state index contributed by atoms with van der Waals surface area (Å²) >= 11 is 0. The smallest absolute Gasteiger partial charge is 0.254 e. The molecule has 0 spiro atoms. The standard InChI is InChI=1S/C16H16F2N2O/c1-20(10-12-4-2-3-11(5-12)9-19)16(21)13-6-14(17)8-15(18)7-13/h2-8H,9-10,19H2,1H3. The molecule has 2 aromatic carbocycles. The van der Waals surface area contributed by atoms with Crippen LogP contribution >= 0.6 is 0 Å². The molecule has 2 aromatic rings. The molecule has 2 N–H and O–H groups in total. The Morgan fingerprint density at radius 3 is 2.33 bits per heavy atom. The highest BCUT2D eigenvalue weighted by Gasteiger charge is 2.14. The zero-order chi connectivity index (χ0) is 15.4. The number of amides is 1. The Morgan fingerprint density at radius 1 is 1.10 bits per heavy atom. The molecule has 0 aromatic heterocycles. The van der Waals surface area contributed by atoms with Crippen molar-refractivity contribution in [1.29, 1.82) is 0 Å². The maximum absolute atomic E-state index is 13.2. The van der Waals surface area contributed by atoms with Crippen LogP contribution in [-0.2, 0) is 13.1 Å². The van der Waals surface area contributed by atoms with Gasteiger partial charge in [0, 0.05) is 31.8 Å². The molecule has 3 nitrogen and oxygen atoms in total. The summed E-state index contributed by atoms with van der Waals surface area (Å²) in [6.07, 6.45) is 0. The molecule has 0 fully saturated rings. The van der Waals surface area contributed by atoms with Crippen LogP contribution in [0.2, 0.25) is 0 Å². The number of hydrogen-bond donors (Lipinski definition) is 1. The molecule has 0 aliphatic heterocycles. The molecule has 0 saturated heterocycles. The van der Waals surface area contributed by atoms with E-state index in [1.165, 1.54) is 4.90 Å². The van der Waals surface area contributed by atoms with E-state index in [1.807, 2.05) is 24.3 Å². The molecule has 0 heterocycles. The summed E-state index contributed by atoms with van der Waals surface area (Å²) in [5.41, 5.74) is 7.43. The number of halogens is 2. The first-order valence-electron chi connectivity index (χ1n) is 6.49. The van der Waals surface area contributed by atoms with Crippen molar-refractivity contribution in [2.45, 2.75) is 13.1 Å². The lowest BCUT2D eigenvalue weighted by Crippen LogP contribution is -2.26. The molecule has 0 radical (unpaired) electrons. The molecule has 0 bridgehead atoms. The van der Waals surface area contributed by atoms with E-state index in [9.17, 15) is 13.6 Å². The molecule has 21 heavy (non-hydrogen) atoms. The summed E-state index contributed by atoms with van der Waals surface area (Å²) in [4.78, 5) is 13.6. The van der Waals surface area contributed by atoms with Gasteiger partial charge in [-0.2, -0.15) is 0 Å². The Balaban J connectivity index is 2.15. The van der Waals surface area contributed by atoms with E-state index in [0.717, 1.165) is 29.3 Å². The third kappa shape index (κ3) is 3.86. The molecule has 0 atom stereocenters. The molecule has 110 valence electrons. The van der Waals surface area contributed by atoms with Gasteiger partial charge in [-0.25, -0.2) is 8.78 Å². The summed E-state index contributed by atoms with van der Waals surface area (Å²) in [5, 5.41) is 0. The minimum absolute atomic E-state index is 0.00928. The number of carbonyl (C=O) groups excluding carboxylic acids is 1. The van der Waals surface area contributed by atoms with Crippen LogP contribution in [0.3, 0.4) is 0 Å². The van der Waals surface area contributed by atoms with Crippen molar-refractivity contribution in [3.8, 4) is 0 Å². The Labute approximate surface area is 122 Å². The van der Waals surface area contributed by atoms with Crippen molar-refractivity contribution >= 4 is 5.91 Å². The van der Waals surface area contributed by atoms with Gasteiger partial charge in [-0.3, -0.25) is 4.79 Å². The quantitative estimate of drug-likeness (QED) is 0.941. The van der Waals surface area contributed by atoms with E-state index >= 15 is 0 Å². The topological polar surface area (TPSA) is 46.3 Å². The normalized spacial score (nSPS) is 10.5. The maximum Gasteiger partial charge on any atom is 0.254 e. The molecule has 0 aliphatic carbocycles. The van der Waals surface area contributed by atoms with Gasteiger partial charge in [-0.15, -0.1) is 0 Å². The fourth-order valence-electron chi connectivity index (χ4n) is 2.10. The van der Waals surface area contributed by atoms with Gasteiger partial charge in [0.25, 0.3) is 5.91 Å². The molecule has 5 heteroatoms. The monoisotopic (exact) mass is 290 g/mol. The van der Waals surface area contributed by atoms with Gasteiger partial charge in [0.2, 0.25) is 0 Å². The van der Waals surface area contributed by atoms with Crippen molar-refractivity contribution < 1.29 is 13.6 Å². The second-order valence-electron chi connectivity index (χ2n) is 4.84. The van der Waals surface area contributed by atoms with Crippen LogP contribution in [0, 0.1) is 11.6 Å². The molecule has 2 rings (SSSR count). The number of carbonyl (C=O) groups is 1. The Kier molecular flexibility index (Phi) is 4.65. The summed E-state index contributed by atoms with van der Waals surface area (Å²) in [6, 6.07) is 10.3. The minimum Gasteiger partial charge on any atom is -0.337 e. The van der Waals surface area contributed by atoms with Gasteiger partial charge >= 0.3 is 0 Å². The van der Waals surface area contributed by atoms with Crippen molar-refractivity contribution in [2.75, 3.05) is 7.05 Å². The zero-order valence-corrected chi connectivity index (χ0v) is 11.6. The lowest BCUT2D eigenvalue weighted by atomic mass is 10.1. The maximum atomic E-state index is 13.2. The van der Waals surface area contributed by atoms with Crippen molar-refractivity contribution in [3.63, 3.8) is 0 Å². The lowest BCUT2D eigenvalue weighted by molar-refractivity contribution is 0.0784. The molecular weight excluding hydrogens is 274 g/mol. The molecule has 0 saturated carbocycles. The lowest BCUT2D eigenvalue weighted by Gasteiger charge is -2.18. The summed E-state index contributed by atoms with van der Waals surface area (Å²) in [5.74, 6) is -1.97. The molecule has 0 unspecified atom stereocenters. The predicted octanol–water partition coefficient (Wildman–Crippen LogP) is 2.70. The SMILES string of the molecule is CN(Cc1cccc(CN)c1)C(=O)c1cc(F)cc(F)c1. The first-order chi connectivity index (χ1) is 9.99. The molecule has 0 aliphatic rings. The highest BCUT2D eigenvalue weighted by Crippen LogP contribution is 2.13. The first kappa shape index (κ1) is 15.1. The van der Waals surface area contributed by atoms with E-state index in [1.54, 1.807) is 7.05 Å². The van der Waals surface area contributed by atoms with E-state index in [-0.39, 0.29) is 5.56 Å². The second kappa shape index (κ2) is 6.45. The highest BCUT2D eigenvalue weighted by atomic mass is 19.1.